The highest BCUT2D eigenvalue weighted by atomic mass is 19.4. The molecule has 0 unspecified atom stereocenters. The number of halogens is 6. The van der Waals surface area contributed by atoms with Crippen molar-refractivity contribution in [3.63, 3.8) is 0 Å². The minimum atomic E-state index is -4.98. The molecule has 4 nitrogen and oxygen atoms in total. The van der Waals surface area contributed by atoms with Crippen molar-refractivity contribution in [3.8, 4) is 5.69 Å². The third-order valence-corrected chi connectivity index (χ3v) is 4.70. The molecule has 1 heterocycles. The standard InChI is InChI=1S/C22H19F6N3O/c1-13-9-14(2)31(30-13)19-6-3-15(4-7-19)5-8-20(32)29-18-11-16(21(23,24)25)10-17(12-18)22(26,27)28/h3-4,6-7,9-12H,5,8H2,1-2H3,(H,29,32). The fraction of sp³-hybridized carbons (Fsp3) is 0.273. The number of rotatable bonds is 5. The number of hydrogen-bond acceptors (Lipinski definition) is 2. The third kappa shape index (κ3) is 5.68. The Morgan fingerprint density at radius 3 is 1.94 bits per heavy atom. The zero-order valence-corrected chi connectivity index (χ0v) is 17.1. The summed E-state index contributed by atoms with van der Waals surface area (Å²) in [6, 6.07) is 10.1. The molecule has 1 aromatic heterocycles. The minimum absolute atomic E-state index is 0.0139. The summed E-state index contributed by atoms with van der Waals surface area (Å²) in [5.74, 6) is -0.694. The molecule has 0 fully saturated rings. The highest BCUT2D eigenvalue weighted by Gasteiger charge is 2.37. The average molecular weight is 455 g/mol. The van der Waals surface area contributed by atoms with E-state index >= 15 is 0 Å². The van der Waals surface area contributed by atoms with E-state index in [-0.39, 0.29) is 18.9 Å². The number of aromatic nitrogens is 2. The van der Waals surface area contributed by atoms with Crippen LogP contribution in [-0.2, 0) is 23.6 Å². The van der Waals surface area contributed by atoms with Gasteiger partial charge in [-0.05, 0) is 62.2 Å². The van der Waals surface area contributed by atoms with Gasteiger partial charge in [0.15, 0.2) is 0 Å². The second-order valence-electron chi connectivity index (χ2n) is 7.35. The summed E-state index contributed by atoms with van der Waals surface area (Å²) in [6.07, 6.45) is -9.81. The summed E-state index contributed by atoms with van der Waals surface area (Å²) >= 11 is 0. The quantitative estimate of drug-likeness (QED) is 0.473. The number of hydrogen-bond donors (Lipinski definition) is 1. The molecule has 0 radical (unpaired) electrons. The Labute approximate surface area is 179 Å². The molecule has 0 aliphatic heterocycles. The van der Waals surface area contributed by atoms with Gasteiger partial charge in [0.25, 0.3) is 0 Å². The predicted molar refractivity (Wildman–Crippen MR) is 106 cm³/mol. The lowest BCUT2D eigenvalue weighted by atomic mass is 10.1. The van der Waals surface area contributed by atoms with Gasteiger partial charge in [0.1, 0.15) is 0 Å². The topological polar surface area (TPSA) is 46.9 Å². The van der Waals surface area contributed by atoms with E-state index in [0.717, 1.165) is 22.6 Å². The number of aryl methyl sites for hydroxylation is 3. The number of anilines is 1. The second kappa shape index (κ2) is 8.68. The summed E-state index contributed by atoms with van der Waals surface area (Å²) in [7, 11) is 0. The van der Waals surface area contributed by atoms with Crippen LogP contribution in [0.2, 0.25) is 0 Å². The van der Waals surface area contributed by atoms with E-state index in [0.29, 0.717) is 12.1 Å². The number of carbonyl (C=O) groups excluding carboxylic acids is 1. The molecule has 1 N–H and O–H groups in total. The van der Waals surface area contributed by atoms with Gasteiger partial charge < -0.3 is 5.32 Å². The number of benzene rings is 2. The molecule has 2 aromatic carbocycles. The lowest BCUT2D eigenvalue weighted by Crippen LogP contribution is -2.16. The molecule has 170 valence electrons. The molecule has 1 amide bonds. The first-order valence-electron chi connectivity index (χ1n) is 9.55. The van der Waals surface area contributed by atoms with Gasteiger partial charge in [-0.1, -0.05) is 12.1 Å². The van der Waals surface area contributed by atoms with Crippen LogP contribution in [0.25, 0.3) is 5.69 Å². The minimum Gasteiger partial charge on any atom is -0.326 e. The maximum absolute atomic E-state index is 12.9. The van der Waals surface area contributed by atoms with E-state index in [1.807, 2.05) is 32.0 Å². The fourth-order valence-corrected chi connectivity index (χ4v) is 3.20. The molecule has 3 aromatic rings. The van der Waals surface area contributed by atoms with Crippen LogP contribution in [0.5, 0.6) is 0 Å². The molecule has 3 rings (SSSR count). The summed E-state index contributed by atoms with van der Waals surface area (Å²) in [6.45, 7) is 3.79. The molecule has 0 saturated heterocycles. The van der Waals surface area contributed by atoms with Crippen molar-refractivity contribution in [2.45, 2.75) is 39.0 Å². The molecule has 0 spiro atoms. The van der Waals surface area contributed by atoms with Crippen molar-refractivity contribution in [1.29, 1.82) is 0 Å². The Morgan fingerprint density at radius 2 is 1.47 bits per heavy atom. The van der Waals surface area contributed by atoms with E-state index < -0.39 is 35.1 Å². The molecular weight excluding hydrogens is 436 g/mol. The molecule has 0 saturated carbocycles. The molecule has 0 atom stereocenters. The van der Waals surface area contributed by atoms with Crippen molar-refractivity contribution in [3.05, 3.63) is 76.6 Å². The summed E-state index contributed by atoms with van der Waals surface area (Å²) in [4.78, 5) is 12.2. The van der Waals surface area contributed by atoms with E-state index in [9.17, 15) is 31.1 Å². The number of alkyl halides is 6. The Kier molecular flexibility index (Phi) is 6.34. The number of carbonyl (C=O) groups is 1. The van der Waals surface area contributed by atoms with Crippen LogP contribution in [-0.4, -0.2) is 15.7 Å². The summed E-state index contributed by atoms with van der Waals surface area (Å²) in [5.41, 5.74) is -0.0971. The van der Waals surface area contributed by atoms with Gasteiger partial charge in [-0.2, -0.15) is 31.4 Å². The zero-order chi connectivity index (χ0) is 23.7. The molecule has 32 heavy (non-hydrogen) atoms. The first-order valence-corrected chi connectivity index (χ1v) is 9.55. The number of nitrogens with one attached hydrogen (secondary N) is 1. The zero-order valence-electron chi connectivity index (χ0n) is 17.1. The normalized spacial score (nSPS) is 12.1. The smallest absolute Gasteiger partial charge is 0.326 e. The molecule has 0 aliphatic rings. The summed E-state index contributed by atoms with van der Waals surface area (Å²) < 4.78 is 79.4. The highest BCUT2D eigenvalue weighted by molar-refractivity contribution is 5.91. The van der Waals surface area contributed by atoms with Gasteiger partial charge in [-0.3, -0.25) is 4.79 Å². The van der Waals surface area contributed by atoms with Crippen molar-refractivity contribution in [1.82, 2.24) is 9.78 Å². The van der Waals surface area contributed by atoms with Gasteiger partial charge >= 0.3 is 12.4 Å². The first-order chi connectivity index (χ1) is 14.8. The van der Waals surface area contributed by atoms with Crippen molar-refractivity contribution < 1.29 is 31.1 Å². The van der Waals surface area contributed by atoms with Crippen LogP contribution in [0.3, 0.4) is 0 Å². The van der Waals surface area contributed by atoms with E-state index in [1.165, 1.54) is 0 Å². The predicted octanol–water partition coefficient (Wildman–Crippen LogP) is 6.10. The summed E-state index contributed by atoms with van der Waals surface area (Å²) in [5, 5.41) is 6.50. The van der Waals surface area contributed by atoms with Gasteiger partial charge in [0.2, 0.25) is 5.91 Å². The van der Waals surface area contributed by atoms with Crippen LogP contribution in [0.1, 0.15) is 34.5 Å². The third-order valence-electron chi connectivity index (χ3n) is 4.70. The largest absolute Gasteiger partial charge is 0.416 e. The van der Waals surface area contributed by atoms with Gasteiger partial charge in [0, 0.05) is 17.8 Å². The SMILES string of the molecule is Cc1cc(C)n(-c2ccc(CCC(=O)Nc3cc(C(F)(F)F)cc(C(F)(F)F)c3)cc2)n1. The molecular formula is C22H19F6N3O. The average Bonchev–Trinajstić information content (AvgIpc) is 3.03. The second-order valence-corrected chi connectivity index (χ2v) is 7.35. The van der Waals surface area contributed by atoms with Crippen LogP contribution in [0.4, 0.5) is 32.0 Å². The highest BCUT2D eigenvalue weighted by Crippen LogP contribution is 2.37. The van der Waals surface area contributed by atoms with Gasteiger partial charge in [-0.25, -0.2) is 4.68 Å². The van der Waals surface area contributed by atoms with Crippen molar-refractivity contribution in [2.75, 3.05) is 5.32 Å². The monoisotopic (exact) mass is 455 g/mol. The molecule has 10 heteroatoms. The van der Waals surface area contributed by atoms with Crippen LogP contribution >= 0.6 is 0 Å². The van der Waals surface area contributed by atoms with Gasteiger partial charge in [-0.15, -0.1) is 0 Å². The maximum atomic E-state index is 12.9. The Morgan fingerprint density at radius 1 is 0.906 bits per heavy atom. The van der Waals surface area contributed by atoms with E-state index in [2.05, 4.69) is 10.4 Å². The van der Waals surface area contributed by atoms with Crippen molar-refractivity contribution in [2.24, 2.45) is 0 Å². The van der Waals surface area contributed by atoms with Crippen LogP contribution in [0.15, 0.2) is 48.5 Å². The Hall–Kier alpha value is -3.30. The van der Waals surface area contributed by atoms with Crippen LogP contribution in [0, 0.1) is 13.8 Å². The first kappa shape index (κ1) is 23.4. The van der Waals surface area contributed by atoms with Crippen LogP contribution < -0.4 is 5.32 Å². The maximum Gasteiger partial charge on any atom is 0.416 e. The Bertz CT molecular complexity index is 1080. The number of amides is 1. The van der Waals surface area contributed by atoms with Crippen molar-refractivity contribution >= 4 is 11.6 Å². The lowest BCUT2D eigenvalue weighted by Gasteiger charge is -2.15. The van der Waals surface area contributed by atoms with Gasteiger partial charge in [0.05, 0.1) is 22.5 Å². The molecule has 0 bridgehead atoms. The fourth-order valence-electron chi connectivity index (χ4n) is 3.20. The van der Waals surface area contributed by atoms with E-state index in [4.69, 9.17) is 0 Å². The lowest BCUT2D eigenvalue weighted by molar-refractivity contribution is -0.143. The molecule has 0 aliphatic carbocycles. The Balaban J connectivity index is 1.68. The number of nitrogens with zero attached hydrogens (tertiary/aromatic N) is 2. The van der Waals surface area contributed by atoms with E-state index in [1.54, 1.807) is 16.8 Å².